The molecule has 1 heterocycles. The lowest BCUT2D eigenvalue weighted by Gasteiger charge is -2.25. The summed E-state index contributed by atoms with van der Waals surface area (Å²) in [6, 6.07) is 21.4. The monoisotopic (exact) mass is 460 g/mol. The Balaban J connectivity index is 1.79. The fourth-order valence-corrected chi connectivity index (χ4v) is 4.10. The molecular weight excluding hydrogens is 434 g/mol. The molecule has 0 fully saturated rings. The van der Waals surface area contributed by atoms with Crippen LogP contribution in [-0.2, 0) is 20.1 Å². The van der Waals surface area contributed by atoms with Crippen molar-refractivity contribution < 1.29 is 13.6 Å². The zero-order valence-corrected chi connectivity index (χ0v) is 19.4. The lowest BCUT2D eigenvalue weighted by Crippen LogP contribution is -2.31. The minimum atomic E-state index is -0.479. The predicted molar refractivity (Wildman–Crippen MR) is 129 cm³/mol. The highest BCUT2D eigenvalue weighted by Crippen LogP contribution is 2.32. The fourth-order valence-electron chi connectivity index (χ4n) is 4.10. The van der Waals surface area contributed by atoms with Crippen molar-refractivity contribution in [3.63, 3.8) is 0 Å². The third kappa shape index (κ3) is 4.98. The minimum Gasteiger partial charge on any atom is -0.363 e. The van der Waals surface area contributed by atoms with Gasteiger partial charge in [-0.3, -0.25) is 9.48 Å². The molecule has 0 aliphatic rings. The Morgan fingerprint density at radius 2 is 1.59 bits per heavy atom. The summed E-state index contributed by atoms with van der Waals surface area (Å²) < 4.78 is 29.2. The van der Waals surface area contributed by atoms with E-state index in [4.69, 9.17) is 5.10 Å². The topological polar surface area (TPSA) is 41.4 Å². The van der Waals surface area contributed by atoms with Gasteiger partial charge in [-0.25, -0.2) is 8.78 Å². The van der Waals surface area contributed by atoms with Gasteiger partial charge in [-0.1, -0.05) is 48.5 Å². The number of carbonyl (C=O) groups is 1. The maximum Gasteiger partial charge on any atom is 0.254 e. The van der Waals surface area contributed by atoms with Gasteiger partial charge in [0.2, 0.25) is 0 Å². The van der Waals surface area contributed by atoms with Crippen molar-refractivity contribution in [3.05, 3.63) is 107 Å². The molecule has 4 rings (SSSR count). The molecule has 0 atom stereocenters. The molecule has 5 nitrogen and oxygen atoms in total. The molecule has 0 aliphatic carbocycles. The number of carbonyl (C=O) groups excluding carboxylic acids is 1. The maximum atomic E-state index is 13.9. The van der Waals surface area contributed by atoms with Crippen molar-refractivity contribution in [2.24, 2.45) is 7.05 Å². The van der Waals surface area contributed by atoms with E-state index < -0.39 is 5.82 Å². The summed E-state index contributed by atoms with van der Waals surface area (Å²) in [7, 11) is 5.71. The molecule has 34 heavy (non-hydrogen) atoms. The number of aryl methyl sites for hydroxylation is 1. The van der Waals surface area contributed by atoms with E-state index in [0.717, 1.165) is 28.2 Å². The molecule has 0 saturated carbocycles. The first-order valence-electron chi connectivity index (χ1n) is 10.9. The van der Waals surface area contributed by atoms with E-state index in [1.807, 2.05) is 56.4 Å². The Hall–Kier alpha value is -4.00. The van der Waals surface area contributed by atoms with Crippen molar-refractivity contribution in [2.75, 3.05) is 19.0 Å². The molecule has 0 unspecified atom stereocenters. The number of amides is 1. The zero-order chi connectivity index (χ0) is 24.2. The van der Waals surface area contributed by atoms with Gasteiger partial charge < -0.3 is 9.80 Å². The number of aromatic nitrogens is 2. The van der Waals surface area contributed by atoms with Gasteiger partial charge >= 0.3 is 0 Å². The predicted octanol–water partition coefficient (Wildman–Crippen LogP) is 5.27. The number of anilines is 1. The summed E-state index contributed by atoms with van der Waals surface area (Å²) in [4.78, 5) is 17.1. The van der Waals surface area contributed by atoms with E-state index in [1.165, 1.54) is 30.3 Å². The second-order valence-electron chi connectivity index (χ2n) is 8.33. The summed E-state index contributed by atoms with van der Waals surface area (Å²) in [5.41, 5.74) is 3.58. The summed E-state index contributed by atoms with van der Waals surface area (Å²) in [5, 5.41) is 4.75. The van der Waals surface area contributed by atoms with Crippen molar-refractivity contribution in [1.82, 2.24) is 14.7 Å². The van der Waals surface area contributed by atoms with Gasteiger partial charge in [0.05, 0.1) is 12.2 Å². The minimum absolute atomic E-state index is 0.228. The van der Waals surface area contributed by atoms with Crippen LogP contribution in [-0.4, -0.2) is 34.7 Å². The van der Waals surface area contributed by atoms with Gasteiger partial charge in [-0.05, 0) is 35.9 Å². The van der Waals surface area contributed by atoms with E-state index in [9.17, 15) is 13.6 Å². The SMILES string of the molecule is CN(C)c1c(CN(Cc2ccc(F)cc2)C(=O)c2cccc(F)c2)c(-c2ccccc2)nn1C. The van der Waals surface area contributed by atoms with Gasteiger partial charge in [0.1, 0.15) is 17.5 Å². The largest absolute Gasteiger partial charge is 0.363 e. The Morgan fingerprint density at radius 3 is 2.24 bits per heavy atom. The first-order chi connectivity index (χ1) is 16.3. The van der Waals surface area contributed by atoms with Gasteiger partial charge in [0.25, 0.3) is 5.91 Å². The van der Waals surface area contributed by atoms with Crippen LogP contribution in [0.3, 0.4) is 0 Å². The molecule has 174 valence electrons. The Labute approximate surface area is 197 Å². The third-order valence-corrected chi connectivity index (χ3v) is 5.58. The first-order valence-corrected chi connectivity index (χ1v) is 10.9. The highest BCUT2D eigenvalue weighted by atomic mass is 19.1. The number of nitrogens with zero attached hydrogens (tertiary/aromatic N) is 4. The van der Waals surface area contributed by atoms with Gasteiger partial charge in [0.15, 0.2) is 0 Å². The summed E-state index contributed by atoms with van der Waals surface area (Å²) in [5.74, 6) is -0.292. The Bertz CT molecular complexity index is 1280. The lowest BCUT2D eigenvalue weighted by molar-refractivity contribution is 0.0730. The van der Waals surface area contributed by atoms with Crippen molar-refractivity contribution in [2.45, 2.75) is 13.1 Å². The summed E-state index contributed by atoms with van der Waals surface area (Å²) in [6.45, 7) is 0.462. The molecule has 1 amide bonds. The smallest absolute Gasteiger partial charge is 0.254 e. The molecule has 0 spiro atoms. The van der Waals surface area contributed by atoms with Crippen LogP contribution < -0.4 is 4.90 Å². The van der Waals surface area contributed by atoms with Crippen LogP contribution in [0.5, 0.6) is 0 Å². The zero-order valence-electron chi connectivity index (χ0n) is 19.4. The summed E-state index contributed by atoms with van der Waals surface area (Å²) >= 11 is 0. The van der Waals surface area contributed by atoms with Crippen molar-refractivity contribution in [3.8, 4) is 11.3 Å². The molecule has 0 radical (unpaired) electrons. The van der Waals surface area contributed by atoms with E-state index in [0.29, 0.717) is 0 Å². The molecule has 0 N–H and O–H groups in total. The van der Waals surface area contributed by atoms with Crippen LogP contribution in [0, 0.1) is 11.6 Å². The van der Waals surface area contributed by atoms with Crippen LogP contribution in [0.4, 0.5) is 14.6 Å². The number of benzene rings is 3. The molecule has 7 heteroatoms. The Morgan fingerprint density at radius 1 is 0.882 bits per heavy atom. The second kappa shape index (κ2) is 9.87. The third-order valence-electron chi connectivity index (χ3n) is 5.58. The highest BCUT2D eigenvalue weighted by Gasteiger charge is 2.25. The van der Waals surface area contributed by atoms with Crippen molar-refractivity contribution in [1.29, 1.82) is 0 Å². The number of hydrogen-bond acceptors (Lipinski definition) is 3. The van der Waals surface area contributed by atoms with Crippen LogP contribution in [0.2, 0.25) is 0 Å². The number of halogens is 2. The van der Waals surface area contributed by atoms with E-state index in [2.05, 4.69) is 0 Å². The molecule has 0 saturated heterocycles. The van der Waals surface area contributed by atoms with E-state index in [1.54, 1.807) is 27.8 Å². The highest BCUT2D eigenvalue weighted by molar-refractivity contribution is 5.94. The number of rotatable bonds is 7. The van der Waals surface area contributed by atoms with Crippen LogP contribution in [0.15, 0.2) is 78.9 Å². The molecular formula is C27H26F2N4O. The molecule has 0 aliphatic heterocycles. The fraction of sp³-hybridized carbons (Fsp3) is 0.185. The molecule has 3 aromatic carbocycles. The number of hydrogen-bond donors (Lipinski definition) is 0. The average Bonchev–Trinajstić information content (AvgIpc) is 3.16. The Kier molecular flexibility index (Phi) is 6.72. The van der Waals surface area contributed by atoms with Gasteiger partial charge in [0, 0.05) is 44.4 Å². The van der Waals surface area contributed by atoms with Crippen molar-refractivity contribution >= 4 is 11.7 Å². The van der Waals surface area contributed by atoms with Crippen LogP contribution in [0.1, 0.15) is 21.5 Å². The average molecular weight is 461 g/mol. The molecule has 1 aromatic heterocycles. The van der Waals surface area contributed by atoms with Gasteiger partial charge in [-0.2, -0.15) is 5.10 Å². The van der Waals surface area contributed by atoms with E-state index >= 15 is 0 Å². The van der Waals surface area contributed by atoms with Crippen LogP contribution >= 0.6 is 0 Å². The van der Waals surface area contributed by atoms with E-state index in [-0.39, 0.29) is 30.4 Å². The molecule has 0 bridgehead atoms. The van der Waals surface area contributed by atoms with Crippen LogP contribution in [0.25, 0.3) is 11.3 Å². The first kappa shape index (κ1) is 23.2. The molecule has 4 aromatic rings. The maximum absolute atomic E-state index is 13.9. The quantitative estimate of drug-likeness (QED) is 0.377. The standard InChI is InChI=1S/C27H26F2N4O/c1-31(2)26-24(25(30-32(26)3)20-8-5-4-6-9-20)18-33(17-19-12-14-22(28)15-13-19)27(34)21-10-7-11-23(29)16-21/h4-16H,17-18H2,1-3H3. The normalized spacial score (nSPS) is 10.9. The second-order valence-corrected chi connectivity index (χ2v) is 8.33. The van der Waals surface area contributed by atoms with Gasteiger partial charge in [-0.15, -0.1) is 0 Å². The lowest BCUT2D eigenvalue weighted by atomic mass is 10.1. The summed E-state index contributed by atoms with van der Waals surface area (Å²) in [6.07, 6.45) is 0.